The maximum atomic E-state index is 13.7. The largest absolute Gasteiger partial charge is 0.493 e. The van der Waals surface area contributed by atoms with E-state index in [1.165, 1.54) is 26.0 Å². The summed E-state index contributed by atoms with van der Waals surface area (Å²) in [5.74, 6) is -10.6. The molecule has 6 nitrogen and oxygen atoms in total. The van der Waals surface area contributed by atoms with Crippen molar-refractivity contribution in [1.82, 2.24) is 4.90 Å². The number of fused-ring (bicyclic) bond motifs is 3. The van der Waals surface area contributed by atoms with E-state index >= 15 is 0 Å². The number of piperidine rings is 1. The average molecular weight is 436 g/mol. The van der Waals surface area contributed by atoms with Crippen LogP contribution in [-0.4, -0.2) is 50.2 Å². The molecule has 3 rings (SSSR count). The van der Waals surface area contributed by atoms with Crippen LogP contribution in [0, 0.1) is 17.7 Å². The number of rotatable bonds is 7. The molecule has 2 heterocycles. The third-order valence-electron chi connectivity index (χ3n) is 4.88. The maximum absolute atomic E-state index is 13.7. The van der Waals surface area contributed by atoms with Gasteiger partial charge in [-0.3, -0.25) is 9.69 Å². The summed E-state index contributed by atoms with van der Waals surface area (Å²) in [4.78, 5) is 14.6. The monoisotopic (exact) mass is 435 g/mol. The molecular formula is C24H38N2O4. The zero-order valence-corrected chi connectivity index (χ0v) is 17.1. The van der Waals surface area contributed by atoms with Crippen LogP contribution in [0.3, 0.4) is 0 Å². The van der Waals surface area contributed by atoms with Crippen molar-refractivity contribution in [2.24, 2.45) is 23.4 Å². The Labute approximate surface area is 204 Å². The van der Waals surface area contributed by atoms with Crippen LogP contribution in [0.25, 0.3) is 0 Å². The highest BCUT2D eigenvalue weighted by Crippen LogP contribution is 2.44. The topological polar surface area (TPSA) is 74.0 Å². The van der Waals surface area contributed by atoms with Gasteiger partial charge in [0, 0.05) is 47.8 Å². The van der Waals surface area contributed by atoms with E-state index in [0.717, 1.165) is 12.0 Å². The van der Waals surface area contributed by atoms with Gasteiger partial charge in [-0.1, -0.05) is 27.6 Å². The predicted molar refractivity (Wildman–Crippen MR) is 118 cm³/mol. The molecule has 2 aliphatic rings. The van der Waals surface area contributed by atoms with Crippen LogP contribution in [0.2, 0.25) is 0 Å². The van der Waals surface area contributed by atoms with E-state index in [0.29, 0.717) is 0 Å². The molecule has 168 valence electrons. The molecule has 6 heteroatoms. The molecule has 1 aromatic rings. The molecule has 1 saturated heterocycles. The Balaban J connectivity index is 2.34. The van der Waals surface area contributed by atoms with Crippen molar-refractivity contribution in [3.63, 3.8) is 0 Å². The highest BCUT2D eigenvalue weighted by molar-refractivity contribution is 5.76. The number of carbonyl (C=O) groups is 1. The second-order valence-electron chi connectivity index (χ2n) is 7.49. The van der Waals surface area contributed by atoms with Gasteiger partial charge >= 0.3 is 5.97 Å². The normalized spacial score (nSPS) is 44.2. The summed E-state index contributed by atoms with van der Waals surface area (Å²) in [5.41, 5.74) is 5.87. The van der Waals surface area contributed by atoms with Crippen molar-refractivity contribution >= 4 is 5.97 Å². The lowest BCUT2D eigenvalue weighted by Crippen LogP contribution is -2.51. The first-order valence-electron chi connectivity index (χ1n) is 18.0. The van der Waals surface area contributed by atoms with Crippen molar-refractivity contribution in [2.75, 3.05) is 27.2 Å². The molecule has 0 bridgehead atoms. The van der Waals surface area contributed by atoms with E-state index < -0.39 is 81.8 Å². The molecule has 0 aromatic heterocycles. The zero-order valence-electron chi connectivity index (χ0n) is 34.1. The van der Waals surface area contributed by atoms with Crippen molar-refractivity contribution in [1.29, 1.82) is 0 Å². The van der Waals surface area contributed by atoms with E-state index in [4.69, 9.17) is 37.8 Å². The molecule has 3 unspecified atom stereocenters. The molecule has 0 aliphatic carbocycles. The number of benzene rings is 1. The molecule has 0 amide bonds. The Kier molecular flexibility index (Phi) is 2.99. The standard InChI is InChI=1S/C24H38N2O4/c1-14(2)9-17-13-26-8-7-16-10-21(28-5)22(29-6)11-18(16)19(26)12-20(17)30-24(27)23(25)15(3)4/h10-11,14-15,17,19-20,23H,7-9,12-13,25H2,1-6H3/t17?,19?,20?,23-/m0/s1/i3D3,4D3,5D3,12D2,13D2,15D,17D,20D,23D. The van der Waals surface area contributed by atoms with Gasteiger partial charge < -0.3 is 19.9 Å². The minimum Gasteiger partial charge on any atom is -0.493 e. The van der Waals surface area contributed by atoms with E-state index in [1.54, 1.807) is 0 Å². The van der Waals surface area contributed by atoms with Gasteiger partial charge in [-0.2, -0.15) is 0 Å². The van der Waals surface area contributed by atoms with Gasteiger partial charge in [0.1, 0.15) is 12.1 Å². The van der Waals surface area contributed by atoms with Gasteiger partial charge in [0.15, 0.2) is 11.5 Å². The number of methoxy groups -OCH3 is 2. The number of ether oxygens (including phenoxy) is 3. The summed E-state index contributed by atoms with van der Waals surface area (Å²) in [6, 6.07) is -3.48. The first-order chi connectivity index (χ1) is 20.8. The highest BCUT2D eigenvalue weighted by Gasteiger charge is 2.41. The fraction of sp³-hybridized carbons (Fsp3) is 0.708. The molecule has 1 fully saturated rings. The number of hydrogen-bond acceptors (Lipinski definition) is 6. The SMILES string of the molecule is [2H]C([2H])([2H])Oc1cc2c(cc1OC)C1N(CC2)C([2H])([2H])C([2H])(CC(C)C)C([2H])(OC(=O)[C@@]([2H])(N)C([2H])(C([2H])([2H])[2H])C([2H])([2H])[2H])C1([2H])[2H]. The molecule has 0 spiro atoms. The van der Waals surface area contributed by atoms with Crippen LogP contribution in [0.1, 0.15) is 80.8 Å². The number of hydrogen-bond donors (Lipinski definition) is 1. The Morgan fingerprint density at radius 2 is 2.17 bits per heavy atom. The van der Waals surface area contributed by atoms with E-state index in [9.17, 15) is 10.3 Å². The Morgan fingerprint density at radius 3 is 2.83 bits per heavy atom. The summed E-state index contributed by atoms with van der Waals surface area (Å²) in [6.45, 7) is -8.10. The van der Waals surface area contributed by atoms with Gasteiger partial charge in [-0.25, -0.2) is 0 Å². The lowest BCUT2D eigenvalue weighted by atomic mass is 9.79. The molecule has 0 saturated carbocycles. The molecule has 2 aliphatic heterocycles. The third kappa shape index (κ3) is 4.75. The summed E-state index contributed by atoms with van der Waals surface area (Å²) < 4.78 is 156. The molecular weight excluding hydrogens is 380 g/mol. The van der Waals surface area contributed by atoms with Crippen molar-refractivity contribution in [2.45, 2.75) is 64.9 Å². The third-order valence-corrected chi connectivity index (χ3v) is 4.88. The van der Waals surface area contributed by atoms with Crippen molar-refractivity contribution in [3.05, 3.63) is 23.3 Å². The first-order valence-corrected chi connectivity index (χ1v) is 9.47. The molecule has 0 radical (unpaired) electrons. The van der Waals surface area contributed by atoms with Gasteiger partial charge in [-0.15, -0.1) is 0 Å². The van der Waals surface area contributed by atoms with E-state index in [-0.39, 0.29) is 35.6 Å². The molecule has 4 atom stereocenters. The fourth-order valence-electron chi connectivity index (χ4n) is 3.46. The van der Waals surface area contributed by atoms with Crippen molar-refractivity contribution < 1.29 is 42.3 Å². The van der Waals surface area contributed by atoms with Crippen LogP contribution < -0.4 is 15.2 Å². The molecule has 2 N–H and O–H groups in total. The van der Waals surface area contributed by atoms with Gasteiger partial charge in [0.05, 0.1) is 21.0 Å². The van der Waals surface area contributed by atoms with Crippen molar-refractivity contribution in [3.8, 4) is 11.5 Å². The van der Waals surface area contributed by atoms with Gasteiger partial charge in [0.25, 0.3) is 0 Å². The number of nitrogens with two attached hydrogens (primary N) is 1. The lowest BCUT2D eigenvalue weighted by Gasteiger charge is -2.47. The summed E-state index contributed by atoms with van der Waals surface area (Å²) in [7, 11) is -1.75. The van der Waals surface area contributed by atoms with Crippen LogP contribution in [-0.2, 0) is 16.0 Å². The first kappa shape index (κ1) is 9.37. The lowest BCUT2D eigenvalue weighted by molar-refractivity contribution is -0.160. The second kappa shape index (κ2) is 9.56. The molecule has 1 aromatic carbocycles. The summed E-state index contributed by atoms with van der Waals surface area (Å²) in [6.07, 6.45) is -7.65. The molecule has 30 heavy (non-hydrogen) atoms. The zero-order chi connectivity index (χ0) is 36.8. The minimum absolute atomic E-state index is 0.0114. The summed E-state index contributed by atoms with van der Waals surface area (Å²) >= 11 is 0. The maximum Gasteiger partial charge on any atom is 0.323 e. The second-order valence-corrected chi connectivity index (χ2v) is 7.49. The van der Waals surface area contributed by atoms with Gasteiger partial charge in [0.2, 0.25) is 0 Å². The number of carbonyl (C=O) groups excluding carboxylic acids is 1. The fourth-order valence-corrected chi connectivity index (χ4v) is 3.46. The average Bonchev–Trinajstić information content (AvgIpc) is 2.87. The van der Waals surface area contributed by atoms with Crippen LogP contribution in [0.15, 0.2) is 12.1 Å². The number of nitrogens with zero attached hydrogens (tertiary/aromatic N) is 1. The van der Waals surface area contributed by atoms with Crippen LogP contribution in [0.5, 0.6) is 11.5 Å². The highest BCUT2D eigenvalue weighted by atomic mass is 16.5. The van der Waals surface area contributed by atoms with E-state index in [2.05, 4.69) is 0 Å². The predicted octanol–water partition coefficient (Wildman–Crippen LogP) is 3.56. The minimum atomic E-state index is -4.08. The smallest absolute Gasteiger partial charge is 0.323 e. The summed E-state index contributed by atoms with van der Waals surface area (Å²) in [5, 5.41) is 0. The van der Waals surface area contributed by atoms with Crippen LogP contribution >= 0.6 is 0 Å². The van der Waals surface area contributed by atoms with Gasteiger partial charge in [-0.05, 0) is 47.9 Å². The van der Waals surface area contributed by atoms with Crippen LogP contribution in [0.4, 0.5) is 0 Å². The van der Waals surface area contributed by atoms with E-state index in [1.807, 2.05) is 0 Å². The number of esters is 1. The Bertz CT molecular complexity index is 1360. The Hall–Kier alpha value is -1.79. The quantitative estimate of drug-likeness (QED) is 0.660. The Morgan fingerprint density at radius 1 is 1.40 bits per heavy atom.